The third-order valence-corrected chi connectivity index (χ3v) is 4.91. The van der Waals surface area contributed by atoms with E-state index in [0.29, 0.717) is 6.42 Å². The average Bonchev–Trinajstić information content (AvgIpc) is 2.56. The Balaban J connectivity index is 2.20. The minimum atomic E-state index is -3.70. The fourth-order valence-electron chi connectivity index (χ4n) is 2.24. The van der Waals surface area contributed by atoms with E-state index in [4.69, 9.17) is 11.5 Å². The van der Waals surface area contributed by atoms with Crippen molar-refractivity contribution in [1.82, 2.24) is 4.72 Å². The van der Waals surface area contributed by atoms with Gasteiger partial charge in [-0.05, 0) is 25.5 Å². The lowest BCUT2D eigenvalue weighted by atomic mass is 10.2. The van der Waals surface area contributed by atoms with Gasteiger partial charge in [-0.2, -0.15) is 0 Å². The molecule has 1 aliphatic carbocycles. The van der Waals surface area contributed by atoms with Crippen molar-refractivity contribution in [2.45, 2.75) is 42.5 Å². The molecule has 106 valence electrons. The molecule has 6 nitrogen and oxygen atoms in total. The van der Waals surface area contributed by atoms with E-state index >= 15 is 0 Å². The summed E-state index contributed by atoms with van der Waals surface area (Å²) < 4.78 is 26.8. The normalized spacial score (nSPS) is 31.6. The number of nitrogens with two attached hydrogens (primary N) is 2. The van der Waals surface area contributed by atoms with Gasteiger partial charge in [-0.15, -0.1) is 0 Å². The van der Waals surface area contributed by atoms with Gasteiger partial charge in [0.2, 0.25) is 10.0 Å². The molecular formula is C12H19N3O3S. The quantitative estimate of drug-likeness (QED) is 0.571. The lowest BCUT2D eigenvalue weighted by Gasteiger charge is -2.21. The molecule has 0 aromatic heterocycles. The molecule has 7 heteroatoms. The maximum Gasteiger partial charge on any atom is 0.240 e. The third kappa shape index (κ3) is 2.96. The summed E-state index contributed by atoms with van der Waals surface area (Å²) in [5, 5.41) is 9.85. The topological polar surface area (TPSA) is 118 Å². The summed E-state index contributed by atoms with van der Waals surface area (Å²) in [6, 6.07) is 4.73. The Kier molecular flexibility index (Phi) is 3.93. The van der Waals surface area contributed by atoms with Crippen molar-refractivity contribution in [3.05, 3.63) is 29.8 Å². The van der Waals surface area contributed by atoms with Crippen LogP contribution in [0, 0.1) is 6.92 Å². The summed E-state index contributed by atoms with van der Waals surface area (Å²) in [5.74, 6) is 0. The van der Waals surface area contributed by atoms with E-state index in [1.165, 1.54) is 12.1 Å². The van der Waals surface area contributed by atoms with Crippen LogP contribution in [0.25, 0.3) is 0 Å². The first kappa shape index (κ1) is 14.4. The molecule has 6 N–H and O–H groups in total. The number of aliphatic hydroxyl groups excluding tert-OH is 1. The van der Waals surface area contributed by atoms with Crippen LogP contribution in [0.4, 0.5) is 0 Å². The smallest absolute Gasteiger partial charge is 0.240 e. The number of rotatable bonds is 3. The summed E-state index contributed by atoms with van der Waals surface area (Å²) in [6.07, 6.45) is -0.572. The van der Waals surface area contributed by atoms with Gasteiger partial charge in [0.1, 0.15) is 0 Å². The highest BCUT2D eigenvalue weighted by Gasteiger charge is 2.41. The summed E-state index contributed by atoms with van der Waals surface area (Å²) in [6.45, 7) is 1.87. The van der Waals surface area contributed by atoms with Crippen LogP contribution in [-0.4, -0.2) is 37.8 Å². The van der Waals surface area contributed by atoms with Crippen molar-refractivity contribution in [3.8, 4) is 0 Å². The zero-order valence-corrected chi connectivity index (χ0v) is 11.5. The molecule has 0 bridgehead atoms. The molecular weight excluding hydrogens is 266 g/mol. The van der Waals surface area contributed by atoms with Gasteiger partial charge in [-0.1, -0.05) is 17.7 Å². The molecule has 0 amide bonds. The molecule has 1 aliphatic rings. The standard InChI is InChI=1S/C12H19N3O3S/c1-7-2-4-8(5-3-7)19(17,18)15-11-9(13)6-10(14)12(11)16/h2-5,9-12,15-16H,6,13-14H2,1H3/t9-,10+,11+,12-/m0/s1. The van der Waals surface area contributed by atoms with Crippen molar-refractivity contribution in [2.24, 2.45) is 11.5 Å². The fraction of sp³-hybridized carbons (Fsp3) is 0.500. The van der Waals surface area contributed by atoms with Crippen LogP contribution in [0.5, 0.6) is 0 Å². The summed E-state index contributed by atoms with van der Waals surface area (Å²) in [5.41, 5.74) is 12.4. The third-order valence-electron chi connectivity index (χ3n) is 3.43. The lowest BCUT2D eigenvalue weighted by molar-refractivity contribution is 0.140. The van der Waals surface area contributed by atoms with Gasteiger partial charge in [0.05, 0.1) is 17.0 Å². The van der Waals surface area contributed by atoms with Crippen LogP contribution >= 0.6 is 0 Å². The highest BCUT2D eigenvalue weighted by Crippen LogP contribution is 2.20. The van der Waals surface area contributed by atoms with Crippen LogP contribution in [0.3, 0.4) is 0 Å². The van der Waals surface area contributed by atoms with Gasteiger partial charge in [0, 0.05) is 12.1 Å². The Morgan fingerprint density at radius 3 is 2.26 bits per heavy atom. The Bertz CT molecular complexity index is 544. The molecule has 0 spiro atoms. The number of nitrogens with one attached hydrogen (secondary N) is 1. The molecule has 2 rings (SSSR count). The van der Waals surface area contributed by atoms with Gasteiger partial charge in [-0.3, -0.25) is 0 Å². The van der Waals surface area contributed by atoms with E-state index in [-0.39, 0.29) is 4.90 Å². The Morgan fingerprint density at radius 1 is 1.21 bits per heavy atom. The average molecular weight is 285 g/mol. The zero-order valence-electron chi connectivity index (χ0n) is 10.7. The van der Waals surface area contributed by atoms with Crippen LogP contribution in [0.15, 0.2) is 29.2 Å². The number of hydrogen-bond donors (Lipinski definition) is 4. The van der Waals surface area contributed by atoms with Crippen molar-refractivity contribution in [3.63, 3.8) is 0 Å². The van der Waals surface area contributed by atoms with E-state index in [1.807, 2.05) is 6.92 Å². The summed E-state index contributed by atoms with van der Waals surface area (Å²) in [7, 11) is -3.70. The van der Waals surface area contributed by atoms with Crippen LogP contribution < -0.4 is 16.2 Å². The van der Waals surface area contributed by atoms with Gasteiger partial charge in [0.15, 0.2) is 0 Å². The number of benzene rings is 1. The first-order valence-corrected chi connectivity index (χ1v) is 7.58. The second kappa shape index (κ2) is 5.18. The van der Waals surface area contributed by atoms with Gasteiger partial charge < -0.3 is 16.6 Å². The molecule has 0 aliphatic heterocycles. The second-order valence-corrected chi connectivity index (χ2v) is 6.73. The molecule has 4 atom stereocenters. The predicted octanol–water partition coefficient (Wildman–Crippen LogP) is -0.939. The van der Waals surface area contributed by atoms with Gasteiger partial charge in [0.25, 0.3) is 0 Å². The summed E-state index contributed by atoms with van der Waals surface area (Å²) in [4.78, 5) is 0.151. The first-order valence-electron chi connectivity index (χ1n) is 6.09. The van der Waals surface area contributed by atoms with Crippen LogP contribution in [0.1, 0.15) is 12.0 Å². The molecule has 19 heavy (non-hydrogen) atoms. The number of aliphatic hydroxyl groups is 1. The fourth-order valence-corrected chi connectivity index (χ4v) is 3.54. The molecule has 1 aromatic rings. The van der Waals surface area contributed by atoms with E-state index < -0.39 is 34.3 Å². The van der Waals surface area contributed by atoms with E-state index in [9.17, 15) is 13.5 Å². The van der Waals surface area contributed by atoms with E-state index in [2.05, 4.69) is 4.72 Å². The molecule has 0 heterocycles. The predicted molar refractivity (Wildman–Crippen MR) is 71.9 cm³/mol. The monoisotopic (exact) mass is 285 g/mol. The highest BCUT2D eigenvalue weighted by molar-refractivity contribution is 7.89. The second-order valence-electron chi connectivity index (χ2n) is 5.01. The van der Waals surface area contributed by atoms with Crippen molar-refractivity contribution >= 4 is 10.0 Å². The van der Waals surface area contributed by atoms with Crippen LogP contribution in [0.2, 0.25) is 0 Å². The Labute approximate surface area is 112 Å². The highest BCUT2D eigenvalue weighted by atomic mass is 32.2. The lowest BCUT2D eigenvalue weighted by Crippen LogP contribution is -2.50. The number of hydrogen-bond acceptors (Lipinski definition) is 5. The molecule has 1 fully saturated rings. The molecule has 0 radical (unpaired) electrons. The first-order chi connectivity index (χ1) is 8.81. The minimum absolute atomic E-state index is 0.151. The SMILES string of the molecule is Cc1ccc(S(=O)(=O)N[C@H]2[C@@H](O)[C@H](N)C[C@@H]2N)cc1. The Morgan fingerprint density at radius 2 is 1.79 bits per heavy atom. The Hall–Kier alpha value is -0.990. The largest absolute Gasteiger partial charge is 0.390 e. The molecule has 0 unspecified atom stereocenters. The zero-order chi connectivity index (χ0) is 14.2. The van der Waals surface area contributed by atoms with Gasteiger partial charge >= 0.3 is 0 Å². The van der Waals surface area contributed by atoms with Crippen molar-refractivity contribution < 1.29 is 13.5 Å². The molecule has 1 saturated carbocycles. The maximum atomic E-state index is 12.2. The molecule has 0 saturated heterocycles. The minimum Gasteiger partial charge on any atom is -0.390 e. The van der Waals surface area contributed by atoms with E-state index in [0.717, 1.165) is 5.56 Å². The number of aryl methyl sites for hydroxylation is 1. The van der Waals surface area contributed by atoms with Crippen LogP contribution in [-0.2, 0) is 10.0 Å². The molecule has 1 aromatic carbocycles. The summed E-state index contributed by atoms with van der Waals surface area (Å²) >= 11 is 0. The van der Waals surface area contributed by atoms with Crippen molar-refractivity contribution in [1.29, 1.82) is 0 Å². The van der Waals surface area contributed by atoms with Crippen molar-refractivity contribution in [2.75, 3.05) is 0 Å². The number of sulfonamides is 1. The maximum absolute atomic E-state index is 12.2. The van der Waals surface area contributed by atoms with Gasteiger partial charge in [-0.25, -0.2) is 13.1 Å². The van der Waals surface area contributed by atoms with E-state index in [1.54, 1.807) is 12.1 Å².